The van der Waals surface area contributed by atoms with E-state index in [-0.39, 0.29) is 18.4 Å². The number of hydrogen-bond donors (Lipinski definition) is 3. The highest BCUT2D eigenvalue weighted by Gasteiger charge is 2.48. The Morgan fingerprint density at radius 2 is 1.58 bits per heavy atom. The smallest absolute Gasteiger partial charge is 0.333 e. The van der Waals surface area contributed by atoms with Gasteiger partial charge in [-0.15, -0.1) is 0 Å². The van der Waals surface area contributed by atoms with Crippen molar-refractivity contribution < 1.29 is 19.8 Å². The minimum Gasteiger partial charge on any atom is -0.479 e. The summed E-state index contributed by atoms with van der Waals surface area (Å²) in [4.78, 5) is 22.4. The SMILES string of the molecule is O=C(CC(O)C(=O)O)NC1C2CC3CC(C2)CC1C3. The Kier molecular flexibility index (Phi) is 3.25. The number of carbonyl (C=O) groups excluding carboxylic acids is 1. The van der Waals surface area contributed by atoms with E-state index < -0.39 is 12.1 Å². The molecule has 0 aromatic heterocycles. The summed E-state index contributed by atoms with van der Waals surface area (Å²) in [7, 11) is 0. The predicted octanol–water partition coefficient (Wildman–Crippen LogP) is 0.763. The maximum atomic E-state index is 11.8. The number of nitrogens with one attached hydrogen (secondary N) is 1. The van der Waals surface area contributed by atoms with Crippen LogP contribution in [-0.2, 0) is 9.59 Å². The van der Waals surface area contributed by atoms with Gasteiger partial charge < -0.3 is 15.5 Å². The van der Waals surface area contributed by atoms with Gasteiger partial charge in [0.25, 0.3) is 0 Å². The van der Waals surface area contributed by atoms with Crippen LogP contribution in [0.2, 0.25) is 0 Å². The highest BCUT2D eigenvalue weighted by atomic mass is 16.4. The number of carboxylic acids is 1. The van der Waals surface area contributed by atoms with E-state index in [1.54, 1.807) is 0 Å². The molecule has 0 radical (unpaired) electrons. The van der Waals surface area contributed by atoms with E-state index in [1.807, 2.05) is 0 Å². The van der Waals surface area contributed by atoms with E-state index >= 15 is 0 Å². The van der Waals surface area contributed by atoms with Crippen molar-refractivity contribution in [3.63, 3.8) is 0 Å². The lowest BCUT2D eigenvalue weighted by molar-refractivity contribution is -0.149. The molecule has 19 heavy (non-hydrogen) atoms. The molecule has 0 aliphatic heterocycles. The van der Waals surface area contributed by atoms with Crippen molar-refractivity contribution in [3.8, 4) is 0 Å². The van der Waals surface area contributed by atoms with E-state index in [4.69, 9.17) is 5.11 Å². The lowest BCUT2D eigenvalue weighted by Gasteiger charge is -2.54. The molecule has 4 fully saturated rings. The van der Waals surface area contributed by atoms with Crippen molar-refractivity contribution in [2.24, 2.45) is 23.7 Å². The molecule has 5 nitrogen and oxygen atoms in total. The third kappa shape index (κ3) is 2.48. The highest BCUT2D eigenvalue weighted by Crippen LogP contribution is 2.53. The Balaban J connectivity index is 1.58. The fraction of sp³-hybridized carbons (Fsp3) is 0.857. The van der Waals surface area contributed by atoms with Crippen molar-refractivity contribution in [1.29, 1.82) is 0 Å². The van der Waals surface area contributed by atoms with Crippen LogP contribution < -0.4 is 5.32 Å². The van der Waals surface area contributed by atoms with Gasteiger partial charge in [0.05, 0.1) is 6.42 Å². The van der Waals surface area contributed by atoms with Gasteiger partial charge >= 0.3 is 5.97 Å². The number of aliphatic hydroxyl groups is 1. The van der Waals surface area contributed by atoms with Gasteiger partial charge in [-0.1, -0.05) is 0 Å². The molecule has 0 aromatic rings. The molecule has 1 unspecified atom stereocenters. The van der Waals surface area contributed by atoms with E-state index in [0.717, 1.165) is 11.8 Å². The number of aliphatic hydroxyl groups excluding tert-OH is 1. The first-order chi connectivity index (χ1) is 9.02. The number of hydrogen-bond acceptors (Lipinski definition) is 3. The summed E-state index contributed by atoms with van der Waals surface area (Å²) in [6, 6.07) is 0.210. The quantitative estimate of drug-likeness (QED) is 0.702. The molecule has 1 atom stereocenters. The van der Waals surface area contributed by atoms with Gasteiger partial charge in [0, 0.05) is 6.04 Å². The summed E-state index contributed by atoms with van der Waals surface area (Å²) in [6.07, 6.45) is 4.28. The molecule has 4 aliphatic rings. The van der Waals surface area contributed by atoms with Crippen LogP contribution in [0.4, 0.5) is 0 Å². The Bertz CT molecular complexity index is 367. The molecule has 4 saturated carbocycles. The van der Waals surface area contributed by atoms with Gasteiger partial charge in [-0.3, -0.25) is 4.79 Å². The maximum Gasteiger partial charge on any atom is 0.333 e. The Morgan fingerprint density at radius 1 is 1.05 bits per heavy atom. The third-order valence-electron chi connectivity index (χ3n) is 5.22. The zero-order valence-corrected chi connectivity index (χ0v) is 10.9. The zero-order valence-electron chi connectivity index (χ0n) is 10.9. The molecule has 0 heterocycles. The molecule has 5 heteroatoms. The van der Waals surface area contributed by atoms with Crippen LogP contribution in [0.3, 0.4) is 0 Å². The monoisotopic (exact) mass is 267 g/mol. The van der Waals surface area contributed by atoms with E-state index in [0.29, 0.717) is 11.8 Å². The van der Waals surface area contributed by atoms with Crippen molar-refractivity contribution >= 4 is 11.9 Å². The predicted molar refractivity (Wildman–Crippen MR) is 67.2 cm³/mol. The summed E-state index contributed by atoms with van der Waals surface area (Å²) in [5.41, 5.74) is 0. The normalized spacial score (nSPS) is 41.0. The van der Waals surface area contributed by atoms with Crippen molar-refractivity contribution in [1.82, 2.24) is 5.32 Å². The number of aliphatic carboxylic acids is 1. The summed E-state index contributed by atoms with van der Waals surface area (Å²) < 4.78 is 0. The average molecular weight is 267 g/mol. The number of amides is 1. The number of carboxylic acid groups (broad SMARTS) is 1. The molecule has 0 saturated heterocycles. The molecule has 0 aromatic carbocycles. The lowest BCUT2D eigenvalue weighted by Crippen LogP contribution is -2.56. The average Bonchev–Trinajstić information content (AvgIpc) is 2.32. The van der Waals surface area contributed by atoms with Crippen LogP contribution >= 0.6 is 0 Å². The standard InChI is InChI=1S/C14H21NO4/c16-11(14(18)19)6-12(17)15-13-9-2-7-1-8(4-9)5-10(13)3-7/h7-11,13,16H,1-6H2,(H,15,17)(H,18,19). The molecular formula is C14H21NO4. The van der Waals surface area contributed by atoms with Gasteiger partial charge in [-0.2, -0.15) is 0 Å². The second kappa shape index (κ2) is 4.78. The second-order valence-corrected chi connectivity index (χ2v) is 6.58. The third-order valence-corrected chi connectivity index (χ3v) is 5.22. The topological polar surface area (TPSA) is 86.6 Å². The molecule has 0 spiro atoms. The van der Waals surface area contributed by atoms with Crippen LogP contribution in [0.25, 0.3) is 0 Å². The van der Waals surface area contributed by atoms with Crippen LogP contribution in [-0.4, -0.2) is 34.2 Å². The van der Waals surface area contributed by atoms with Crippen molar-refractivity contribution in [2.45, 2.75) is 50.7 Å². The lowest BCUT2D eigenvalue weighted by atomic mass is 9.54. The highest BCUT2D eigenvalue weighted by molar-refractivity contribution is 5.83. The first-order valence-electron chi connectivity index (χ1n) is 7.23. The summed E-state index contributed by atoms with van der Waals surface area (Å²) >= 11 is 0. The first kappa shape index (κ1) is 12.9. The summed E-state index contributed by atoms with van der Waals surface area (Å²) in [6.45, 7) is 0. The number of carbonyl (C=O) groups is 2. The molecule has 106 valence electrons. The van der Waals surface area contributed by atoms with Gasteiger partial charge in [0.1, 0.15) is 0 Å². The van der Waals surface area contributed by atoms with Gasteiger partial charge in [0.15, 0.2) is 6.10 Å². The minimum atomic E-state index is -1.59. The van der Waals surface area contributed by atoms with Crippen LogP contribution in [0.5, 0.6) is 0 Å². The van der Waals surface area contributed by atoms with Gasteiger partial charge in [0.2, 0.25) is 5.91 Å². The zero-order chi connectivity index (χ0) is 13.6. The van der Waals surface area contributed by atoms with Crippen LogP contribution in [0.15, 0.2) is 0 Å². The van der Waals surface area contributed by atoms with Crippen LogP contribution in [0, 0.1) is 23.7 Å². The molecule has 4 aliphatic carbocycles. The summed E-state index contributed by atoms with van der Waals surface area (Å²) in [5, 5.41) is 20.8. The molecule has 3 N–H and O–H groups in total. The number of rotatable bonds is 4. The second-order valence-electron chi connectivity index (χ2n) is 6.58. The van der Waals surface area contributed by atoms with E-state index in [2.05, 4.69) is 5.32 Å². The Morgan fingerprint density at radius 3 is 2.05 bits per heavy atom. The Labute approximate surface area is 112 Å². The fourth-order valence-electron chi connectivity index (χ4n) is 4.67. The van der Waals surface area contributed by atoms with E-state index in [1.165, 1.54) is 32.1 Å². The first-order valence-corrected chi connectivity index (χ1v) is 7.23. The summed E-state index contributed by atoms with van der Waals surface area (Å²) in [5.74, 6) is 1.18. The minimum absolute atomic E-state index is 0.210. The van der Waals surface area contributed by atoms with Crippen molar-refractivity contribution in [3.05, 3.63) is 0 Å². The van der Waals surface area contributed by atoms with Gasteiger partial charge in [-0.05, 0) is 55.8 Å². The largest absolute Gasteiger partial charge is 0.479 e. The fourth-order valence-corrected chi connectivity index (χ4v) is 4.67. The molecule has 1 amide bonds. The van der Waals surface area contributed by atoms with Gasteiger partial charge in [-0.25, -0.2) is 4.79 Å². The molecule has 4 rings (SSSR count). The van der Waals surface area contributed by atoms with Crippen molar-refractivity contribution in [2.75, 3.05) is 0 Å². The van der Waals surface area contributed by atoms with Crippen LogP contribution in [0.1, 0.15) is 38.5 Å². The van der Waals surface area contributed by atoms with E-state index in [9.17, 15) is 14.7 Å². The Hall–Kier alpha value is -1.10. The molecule has 4 bridgehead atoms. The molecular weight excluding hydrogens is 246 g/mol. The maximum absolute atomic E-state index is 11.8.